The van der Waals surface area contributed by atoms with Gasteiger partial charge >= 0.3 is 0 Å². The quantitative estimate of drug-likeness (QED) is 0.779. The Labute approximate surface area is 114 Å². The molecular weight excluding hydrogens is 257 g/mol. The first kappa shape index (κ1) is 12.6. The highest BCUT2D eigenvalue weighted by atomic mass is 19.1. The van der Waals surface area contributed by atoms with Gasteiger partial charge in [0.15, 0.2) is 5.65 Å². The second-order valence-corrected chi connectivity index (χ2v) is 4.70. The zero-order valence-electron chi connectivity index (χ0n) is 11.3. The average molecular weight is 271 g/mol. The highest BCUT2D eigenvalue weighted by Gasteiger charge is 2.11. The number of aromatic amines is 1. The molecule has 3 aromatic rings. The van der Waals surface area contributed by atoms with Crippen molar-refractivity contribution in [1.29, 1.82) is 0 Å². The molecule has 0 aliphatic carbocycles. The SMILES string of the molecule is CCc1c(C)nc2cc(-c3ccc(F)cc3)[nH]n2c1=O. The van der Waals surface area contributed by atoms with Gasteiger partial charge < -0.3 is 0 Å². The van der Waals surface area contributed by atoms with Crippen molar-refractivity contribution in [3.8, 4) is 11.3 Å². The maximum atomic E-state index is 12.9. The first-order valence-electron chi connectivity index (χ1n) is 6.47. The van der Waals surface area contributed by atoms with Gasteiger partial charge in [-0.15, -0.1) is 0 Å². The topological polar surface area (TPSA) is 50.2 Å². The molecule has 2 aromatic heterocycles. The lowest BCUT2D eigenvalue weighted by Gasteiger charge is -2.01. The Kier molecular flexibility index (Phi) is 2.89. The molecule has 3 rings (SSSR count). The molecule has 20 heavy (non-hydrogen) atoms. The number of H-pyrrole nitrogens is 1. The molecule has 0 unspecified atom stereocenters. The van der Waals surface area contributed by atoms with Crippen molar-refractivity contribution in [3.05, 3.63) is 57.8 Å². The van der Waals surface area contributed by atoms with Crippen LogP contribution in [0.15, 0.2) is 35.1 Å². The molecule has 102 valence electrons. The van der Waals surface area contributed by atoms with Gasteiger partial charge in [0.1, 0.15) is 5.82 Å². The van der Waals surface area contributed by atoms with Gasteiger partial charge in [0.05, 0.1) is 5.69 Å². The monoisotopic (exact) mass is 271 g/mol. The number of aryl methyl sites for hydroxylation is 1. The lowest BCUT2D eigenvalue weighted by Crippen LogP contribution is -2.21. The Balaban J connectivity index is 2.23. The van der Waals surface area contributed by atoms with E-state index in [1.807, 2.05) is 13.8 Å². The number of halogens is 1. The van der Waals surface area contributed by atoms with Gasteiger partial charge in [0.25, 0.3) is 5.56 Å². The standard InChI is InChI=1S/C15H14FN3O/c1-3-12-9(2)17-14-8-13(18-19(14)15(12)20)10-4-6-11(16)7-5-10/h4-8,18H,3H2,1-2H3. The molecule has 0 radical (unpaired) electrons. The van der Waals surface area contributed by atoms with Gasteiger partial charge in [0, 0.05) is 17.3 Å². The number of aromatic nitrogens is 3. The van der Waals surface area contributed by atoms with E-state index in [4.69, 9.17) is 0 Å². The van der Waals surface area contributed by atoms with Crippen LogP contribution in [0.1, 0.15) is 18.2 Å². The maximum absolute atomic E-state index is 12.9. The number of benzene rings is 1. The van der Waals surface area contributed by atoms with E-state index in [1.165, 1.54) is 16.6 Å². The van der Waals surface area contributed by atoms with Crippen LogP contribution >= 0.6 is 0 Å². The van der Waals surface area contributed by atoms with Crippen molar-refractivity contribution in [2.75, 3.05) is 0 Å². The van der Waals surface area contributed by atoms with Gasteiger partial charge in [-0.1, -0.05) is 6.92 Å². The highest BCUT2D eigenvalue weighted by molar-refractivity contribution is 5.64. The lowest BCUT2D eigenvalue weighted by atomic mass is 10.1. The maximum Gasteiger partial charge on any atom is 0.276 e. The van der Waals surface area contributed by atoms with Crippen LogP contribution in [0, 0.1) is 12.7 Å². The van der Waals surface area contributed by atoms with Crippen molar-refractivity contribution in [1.82, 2.24) is 14.6 Å². The summed E-state index contributed by atoms with van der Waals surface area (Å²) in [6, 6.07) is 7.90. The van der Waals surface area contributed by atoms with Crippen LogP contribution in [0.3, 0.4) is 0 Å². The number of hydrogen-bond donors (Lipinski definition) is 1. The Morgan fingerprint density at radius 2 is 2.00 bits per heavy atom. The summed E-state index contributed by atoms with van der Waals surface area (Å²) < 4.78 is 14.4. The zero-order valence-corrected chi connectivity index (χ0v) is 11.3. The number of fused-ring (bicyclic) bond motifs is 1. The van der Waals surface area contributed by atoms with Crippen LogP contribution < -0.4 is 5.56 Å². The Hall–Kier alpha value is -2.43. The Morgan fingerprint density at radius 3 is 2.65 bits per heavy atom. The minimum absolute atomic E-state index is 0.0802. The van der Waals surface area contributed by atoms with E-state index in [0.29, 0.717) is 17.6 Å². The van der Waals surface area contributed by atoms with E-state index in [0.717, 1.165) is 17.0 Å². The van der Waals surface area contributed by atoms with Crippen LogP contribution in [0.2, 0.25) is 0 Å². The van der Waals surface area contributed by atoms with Crippen LogP contribution in [0.25, 0.3) is 16.9 Å². The lowest BCUT2D eigenvalue weighted by molar-refractivity contribution is 0.628. The molecule has 0 aliphatic heterocycles. The summed E-state index contributed by atoms with van der Waals surface area (Å²) in [6.07, 6.45) is 0.644. The number of rotatable bonds is 2. The molecule has 0 amide bonds. The fourth-order valence-corrected chi connectivity index (χ4v) is 2.35. The Bertz CT molecular complexity index is 831. The fraction of sp³-hybridized carbons (Fsp3) is 0.200. The van der Waals surface area contributed by atoms with E-state index < -0.39 is 0 Å². The van der Waals surface area contributed by atoms with Crippen molar-refractivity contribution in [2.45, 2.75) is 20.3 Å². The van der Waals surface area contributed by atoms with E-state index in [-0.39, 0.29) is 11.4 Å². The van der Waals surface area contributed by atoms with Gasteiger partial charge in [-0.2, -0.15) is 0 Å². The molecule has 0 spiro atoms. The van der Waals surface area contributed by atoms with Gasteiger partial charge in [0.2, 0.25) is 0 Å². The zero-order chi connectivity index (χ0) is 14.3. The summed E-state index contributed by atoms with van der Waals surface area (Å²) in [5.74, 6) is -0.288. The van der Waals surface area contributed by atoms with Crippen molar-refractivity contribution >= 4 is 5.65 Å². The Morgan fingerprint density at radius 1 is 1.30 bits per heavy atom. The predicted molar refractivity (Wildman–Crippen MR) is 75.3 cm³/mol. The minimum Gasteiger partial charge on any atom is -0.289 e. The second-order valence-electron chi connectivity index (χ2n) is 4.70. The summed E-state index contributed by atoms with van der Waals surface area (Å²) in [4.78, 5) is 16.7. The summed E-state index contributed by atoms with van der Waals surface area (Å²) in [5, 5.41) is 3.02. The summed E-state index contributed by atoms with van der Waals surface area (Å²) in [6.45, 7) is 3.77. The van der Waals surface area contributed by atoms with E-state index in [9.17, 15) is 9.18 Å². The van der Waals surface area contributed by atoms with Crippen molar-refractivity contribution in [2.24, 2.45) is 0 Å². The third kappa shape index (κ3) is 1.91. The number of nitrogens with zero attached hydrogens (tertiary/aromatic N) is 2. The van der Waals surface area contributed by atoms with Crippen LogP contribution in [0.4, 0.5) is 4.39 Å². The van der Waals surface area contributed by atoms with Gasteiger partial charge in [-0.3, -0.25) is 9.89 Å². The van der Waals surface area contributed by atoms with Crippen LogP contribution in [0.5, 0.6) is 0 Å². The summed E-state index contributed by atoms with van der Waals surface area (Å²) in [5.41, 5.74) is 3.50. The molecule has 0 saturated heterocycles. The normalized spacial score (nSPS) is 11.2. The average Bonchev–Trinajstić information content (AvgIpc) is 2.84. The van der Waals surface area contributed by atoms with Crippen LogP contribution in [-0.4, -0.2) is 14.6 Å². The largest absolute Gasteiger partial charge is 0.289 e. The van der Waals surface area contributed by atoms with Crippen molar-refractivity contribution in [3.63, 3.8) is 0 Å². The number of nitrogens with one attached hydrogen (secondary N) is 1. The molecule has 1 aromatic carbocycles. The molecular formula is C15H14FN3O. The van der Waals surface area contributed by atoms with Crippen LogP contribution in [-0.2, 0) is 6.42 Å². The third-order valence-corrected chi connectivity index (χ3v) is 3.42. The van der Waals surface area contributed by atoms with E-state index in [2.05, 4.69) is 10.1 Å². The molecule has 0 aliphatic rings. The highest BCUT2D eigenvalue weighted by Crippen LogP contribution is 2.19. The predicted octanol–water partition coefficient (Wildman–Crippen LogP) is 2.70. The number of hydrogen-bond acceptors (Lipinski definition) is 2. The van der Waals surface area contributed by atoms with Gasteiger partial charge in [-0.25, -0.2) is 13.9 Å². The summed E-state index contributed by atoms with van der Waals surface area (Å²) in [7, 11) is 0. The molecule has 0 bridgehead atoms. The fourth-order valence-electron chi connectivity index (χ4n) is 2.35. The second kappa shape index (κ2) is 4.59. The molecule has 0 atom stereocenters. The van der Waals surface area contributed by atoms with Gasteiger partial charge in [-0.05, 0) is 43.2 Å². The molecule has 5 heteroatoms. The molecule has 4 nitrogen and oxygen atoms in total. The molecule has 0 saturated carbocycles. The van der Waals surface area contributed by atoms with E-state index >= 15 is 0 Å². The third-order valence-electron chi connectivity index (χ3n) is 3.42. The first-order chi connectivity index (χ1) is 9.60. The molecule has 2 heterocycles. The first-order valence-corrected chi connectivity index (χ1v) is 6.47. The molecule has 1 N–H and O–H groups in total. The van der Waals surface area contributed by atoms with E-state index in [1.54, 1.807) is 18.2 Å². The molecule has 0 fully saturated rings. The summed E-state index contributed by atoms with van der Waals surface area (Å²) >= 11 is 0. The minimum atomic E-state index is -0.288. The smallest absolute Gasteiger partial charge is 0.276 e. The van der Waals surface area contributed by atoms with Crippen molar-refractivity contribution < 1.29 is 4.39 Å².